The molecule has 0 radical (unpaired) electrons. The molecule has 0 bridgehead atoms. The minimum Gasteiger partial charge on any atom is -0.348 e. The van der Waals surface area contributed by atoms with Gasteiger partial charge in [0.2, 0.25) is 5.91 Å². The zero-order valence-corrected chi connectivity index (χ0v) is 14.1. The van der Waals surface area contributed by atoms with E-state index in [1.165, 1.54) is 0 Å². The van der Waals surface area contributed by atoms with Crippen molar-refractivity contribution in [2.75, 3.05) is 6.54 Å². The van der Waals surface area contributed by atoms with E-state index in [2.05, 4.69) is 5.32 Å². The molecule has 3 rings (SSSR count). The predicted octanol–water partition coefficient (Wildman–Crippen LogP) is 2.94. The van der Waals surface area contributed by atoms with Crippen molar-refractivity contribution in [2.24, 2.45) is 0 Å². The molecular formula is C20H20N2O3. The minimum absolute atomic E-state index is 0.131. The van der Waals surface area contributed by atoms with Gasteiger partial charge in [0.05, 0.1) is 17.2 Å². The van der Waals surface area contributed by atoms with E-state index >= 15 is 0 Å². The van der Waals surface area contributed by atoms with Gasteiger partial charge in [-0.15, -0.1) is 0 Å². The van der Waals surface area contributed by atoms with Crippen molar-refractivity contribution >= 4 is 17.7 Å². The van der Waals surface area contributed by atoms with Crippen LogP contribution in [-0.2, 0) is 4.79 Å². The van der Waals surface area contributed by atoms with Crippen molar-refractivity contribution in [1.82, 2.24) is 10.2 Å². The summed E-state index contributed by atoms with van der Waals surface area (Å²) in [6.07, 6.45) is 1.70. The SMILES string of the molecule is CCC[C@@H](NC(=O)CN1C(=O)c2ccccc2C1=O)c1ccccc1. The van der Waals surface area contributed by atoms with Crippen LogP contribution in [0.2, 0.25) is 0 Å². The Bertz CT molecular complexity index is 767. The molecule has 25 heavy (non-hydrogen) atoms. The average Bonchev–Trinajstić information content (AvgIpc) is 2.87. The second-order valence-electron chi connectivity index (χ2n) is 6.06. The van der Waals surface area contributed by atoms with Gasteiger partial charge in [0.1, 0.15) is 6.54 Å². The molecular weight excluding hydrogens is 316 g/mol. The van der Waals surface area contributed by atoms with E-state index in [4.69, 9.17) is 0 Å². The Labute approximate surface area is 146 Å². The summed E-state index contributed by atoms with van der Waals surface area (Å²) in [5.41, 5.74) is 1.72. The van der Waals surface area contributed by atoms with E-state index in [1.807, 2.05) is 37.3 Å². The summed E-state index contributed by atoms with van der Waals surface area (Å²) in [5, 5.41) is 2.94. The first-order chi connectivity index (χ1) is 12.1. The quantitative estimate of drug-likeness (QED) is 0.825. The van der Waals surface area contributed by atoms with Crippen molar-refractivity contribution < 1.29 is 14.4 Å². The molecule has 1 atom stereocenters. The highest BCUT2D eigenvalue weighted by Crippen LogP contribution is 2.23. The topological polar surface area (TPSA) is 66.5 Å². The normalized spacial score (nSPS) is 14.4. The largest absolute Gasteiger partial charge is 0.348 e. The number of rotatable bonds is 6. The van der Waals surface area contributed by atoms with Gasteiger partial charge in [-0.1, -0.05) is 55.8 Å². The Hall–Kier alpha value is -2.95. The number of hydrogen-bond donors (Lipinski definition) is 1. The third kappa shape index (κ3) is 3.45. The molecule has 0 aliphatic carbocycles. The predicted molar refractivity (Wildman–Crippen MR) is 94.0 cm³/mol. The van der Waals surface area contributed by atoms with Crippen LogP contribution in [0, 0.1) is 0 Å². The minimum atomic E-state index is -0.414. The summed E-state index contributed by atoms with van der Waals surface area (Å²) < 4.78 is 0. The van der Waals surface area contributed by atoms with Gasteiger partial charge in [0.15, 0.2) is 0 Å². The van der Waals surface area contributed by atoms with Crippen LogP contribution < -0.4 is 5.32 Å². The van der Waals surface area contributed by atoms with Crippen LogP contribution in [-0.4, -0.2) is 29.2 Å². The van der Waals surface area contributed by atoms with Gasteiger partial charge >= 0.3 is 0 Å². The molecule has 0 aromatic heterocycles. The number of nitrogens with zero attached hydrogens (tertiary/aromatic N) is 1. The first kappa shape index (κ1) is 16.9. The monoisotopic (exact) mass is 336 g/mol. The third-order valence-electron chi connectivity index (χ3n) is 4.29. The molecule has 0 saturated carbocycles. The second-order valence-corrected chi connectivity index (χ2v) is 6.06. The Balaban J connectivity index is 1.70. The zero-order chi connectivity index (χ0) is 17.8. The van der Waals surface area contributed by atoms with Crippen LogP contribution in [0.5, 0.6) is 0 Å². The standard InChI is InChI=1S/C20H20N2O3/c1-2-8-17(14-9-4-3-5-10-14)21-18(23)13-22-19(24)15-11-6-7-12-16(15)20(22)25/h3-7,9-12,17H,2,8,13H2,1H3,(H,21,23)/t17-/m1/s1. The number of fused-ring (bicyclic) bond motifs is 1. The van der Waals surface area contributed by atoms with Gasteiger partial charge in [-0.3, -0.25) is 19.3 Å². The van der Waals surface area contributed by atoms with Crippen LogP contribution in [0.1, 0.15) is 52.1 Å². The van der Waals surface area contributed by atoms with Crippen molar-refractivity contribution in [3.63, 3.8) is 0 Å². The van der Waals surface area contributed by atoms with Crippen LogP contribution in [0.3, 0.4) is 0 Å². The number of carbonyl (C=O) groups excluding carboxylic acids is 3. The van der Waals surface area contributed by atoms with Crippen LogP contribution >= 0.6 is 0 Å². The number of carbonyl (C=O) groups is 3. The molecule has 1 aliphatic heterocycles. The Morgan fingerprint density at radius 2 is 1.52 bits per heavy atom. The summed E-state index contributed by atoms with van der Waals surface area (Å²) >= 11 is 0. The molecule has 0 spiro atoms. The number of hydrogen-bond acceptors (Lipinski definition) is 3. The van der Waals surface area contributed by atoms with Crippen molar-refractivity contribution in [3.05, 3.63) is 71.3 Å². The van der Waals surface area contributed by atoms with Gasteiger partial charge in [-0.05, 0) is 24.1 Å². The Morgan fingerprint density at radius 3 is 2.08 bits per heavy atom. The Morgan fingerprint density at radius 1 is 0.960 bits per heavy atom. The molecule has 1 heterocycles. The van der Waals surface area contributed by atoms with Crippen LogP contribution in [0.15, 0.2) is 54.6 Å². The maximum atomic E-state index is 12.4. The summed E-state index contributed by atoms with van der Waals surface area (Å²) in [6, 6.07) is 16.2. The highest BCUT2D eigenvalue weighted by molar-refractivity contribution is 6.22. The van der Waals surface area contributed by atoms with E-state index in [9.17, 15) is 14.4 Å². The number of imide groups is 1. The van der Waals surface area contributed by atoms with Crippen LogP contribution in [0.4, 0.5) is 0 Å². The molecule has 2 aromatic rings. The molecule has 5 nitrogen and oxygen atoms in total. The lowest BCUT2D eigenvalue weighted by atomic mass is 10.0. The highest BCUT2D eigenvalue weighted by atomic mass is 16.2. The zero-order valence-electron chi connectivity index (χ0n) is 14.1. The fourth-order valence-corrected chi connectivity index (χ4v) is 3.06. The smallest absolute Gasteiger partial charge is 0.262 e. The van der Waals surface area contributed by atoms with Gasteiger partial charge in [-0.2, -0.15) is 0 Å². The Kier molecular flexibility index (Phi) is 4.93. The first-order valence-corrected chi connectivity index (χ1v) is 8.41. The maximum absolute atomic E-state index is 12.4. The molecule has 0 unspecified atom stereocenters. The lowest BCUT2D eigenvalue weighted by Crippen LogP contribution is -2.41. The fourth-order valence-electron chi connectivity index (χ4n) is 3.06. The van der Waals surface area contributed by atoms with E-state index in [1.54, 1.807) is 24.3 Å². The maximum Gasteiger partial charge on any atom is 0.262 e. The van der Waals surface area contributed by atoms with Crippen molar-refractivity contribution in [2.45, 2.75) is 25.8 Å². The van der Waals surface area contributed by atoms with Gasteiger partial charge in [-0.25, -0.2) is 0 Å². The van der Waals surface area contributed by atoms with E-state index < -0.39 is 11.8 Å². The van der Waals surface area contributed by atoms with Gasteiger partial charge in [0.25, 0.3) is 11.8 Å². The molecule has 128 valence electrons. The molecule has 1 N–H and O–H groups in total. The van der Waals surface area contributed by atoms with Gasteiger partial charge in [0, 0.05) is 0 Å². The third-order valence-corrected chi connectivity index (χ3v) is 4.29. The van der Waals surface area contributed by atoms with Gasteiger partial charge < -0.3 is 5.32 Å². The fraction of sp³-hybridized carbons (Fsp3) is 0.250. The number of nitrogens with one attached hydrogen (secondary N) is 1. The molecule has 5 heteroatoms. The molecule has 0 fully saturated rings. The summed E-state index contributed by atoms with van der Waals surface area (Å²) in [7, 11) is 0. The summed E-state index contributed by atoms with van der Waals surface area (Å²) in [5.74, 6) is -1.16. The molecule has 1 aliphatic rings. The summed E-state index contributed by atoms with van der Waals surface area (Å²) in [4.78, 5) is 38.1. The van der Waals surface area contributed by atoms with Crippen molar-refractivity contribution in [1.29, 1.82) is 0 Å². The first-order valence-electron chi connectivity index (χ1n) is 8.41. The summed E-state index contributed by atoms with van der Waals surface area (Å²) in [6.45, 7) is 1.78. The highest BCUT2D eigenvalue weighted by Gasteiger charge is 2.36. The van der Waals surface area contributed by atoms with Crippen molar-refractivity contribution in [3.8, 4) is 0 Å². The molecule has 2 aromatic carbocycles. The van der Waals surface area contributed by atoms with E-state index in [-0.39, 0.29) is 18.5 Å². The molecule has 3 amide bonds. The number of benzene rings is 2. The molecule has 0 saturated heterocycles. The number of amides is 3. The lowest BCUT2D eigenvalue weighted by molar-refractivity contribution is -0.122. The average molecular weight is 336 g/mol. The lowest BCUT2D eigenvalue weighted by Gasteiger charge is -2.20. The van der Waals surface area contributed by atoms with E-state index in [0.717, 1.165) is 23.3 Å². The second kappa shape index (κ2) is 7.30. The van der Waals surface area contributed by atoms with E-state index in [0.29, 0.717) is 11.1 Å². The van der Waals surface area contributed by atoms with Crippen LogP contribution in [0.25, 0.3) is 0 Å².